The van der Waals surface area contributed by atoms with E-state index in [9.17, 15) is 9.59 Å². The molecule has 1 aromatic carbocycles. The van der Waals surface area contributed by atoms with Crippen LogP contribution in [0.5, 0.6) is 0 Å². The van der Waals surface area contributed by atoms with Gasteiger partial charge in [-0.05, 0) is 25.7 Å². The van der Waals surface area contributed by atoms with Crippen LogP contribution < -0.4 is 0 Å². The lowest BCUT2D eigenvalue weighted by molar-refractivity contribution is -0.144. The highest BCUT2D eigenvalue weighted by Crippen LogP contribution is 2.47. The molecule has 108 valence electrons. The van der Waals surface area contributed by atoms with Gasteiger partial charge in [0.05, 0.1) is 6.61 Å². The lowest BCUT2D eigenvalue weighted by Gasteiger charge is -2.29. The van der Waals surface area contributed by atoms with Crippen LogP contribution in [0.3, 0.4) is 0 Å². The Hall–Kier alpha value is -1.64. The third-order valence-electron chi connectivity index (χ3n) is 4.42. The SMILES string of the molecule is CCOC(=O)C[C@H]1CCC[C@]1(C)C(=O)c1ccccc1. The first-order chi connectivity index (χ1) is 9.58. The van der Waals surface area contributed by atoms with E-state index in [-0.39, 0.29) is 17.7 Å². The van der Waals surface area contributed by atoms with Crippen molar-refractivity contribution >= 4 is 11.8 Å². The van der Waals surface area contributed by atoms with Crippen LogP contribution in [0.25, 0.3) is 0 Å². The maximum absolute atomic E-state index is 12.8. The average Bonchev–Trinajstić information content (AvgIpc) is 2.82. The predicted molar refractivity (Wildman–Crippen MR) is 77.5 cm³/mol. The zero-order chi connectivity index (χ0) is 14.6. The quantitative estimate of drug-likeness (QED) is 0.608. The molecule has 0 spiro atoms. The summed E-state index contributed by atoms with van der Waals surface area (Å²) in [5.41, 5.74) is 0.305. The zero-order valence-electron chi connectivity index (χ0n) is 12.2. The van der Waals surface area contributed by atoms with Crippen molar-refractivity contribution in [1.29, 1.82) is 0 Å². The number of ketones is 1. The Morgan fingerprint density at radius 3 is 2.65 bits per heavy atom. The van der Waals surface area contributed by atoms with E-state index in [1.165, 1.54) is 0 Å². The maximum Gasteiger partial charge on any atom is 0.306 e. The molecular formula is C17H22O3. The molecule has 0 heterocycles. The summed E-state index contributed by atoms with van der Waals surface area (Å²) in [5, 5.41) is 0. The third kappa shape index (κ3) is 2.92. The second-order valence-corrected chi connectivity index (χ2v) is 5.71. The van der Waals surface area contributed by atoms with E-state index in [4.69, 9.17) is 4.74 Å². The van der Waals surface area contributed by atoms with Crippen molar-refractivity contribution in [3.8, 4) is 0 Å². The van der Waals surface area contributed by atoms with Crippen molar-refractivity contribution in [1.82, 2.24) is 0 Å². The van der Waals surface area contributed by atoms with Gasteiger partial charge in [0.25, 0.3) is 0 Å². The van der Waals surface area contributed by atoms with Gasteiger partial charge in [-0.1, -0.05) is 43.7 Å². The van der Waals surface area contributed by atoms with Gasteiger partial charge in [0.1, 0.15) is 0 Å². The fraction of sp³-hybridized carbons (Fsp3) is 0.529. The maximum atomic E-state index is 12.8. The van der Waals surface area contributed by atoms with Crippen LogP contribution >= 0.6 is 0 Å². The Morgan fingerprint density at radius 2 is 2.00 bits per heavy atom. The van der Waals surface area contributed by atoms with E-state index in [1.54, 1.807) is 6.92 Å². The van der Waals surface area contributed by atoms with Crippen LogP contribution in [-0.4, -0.2) is 18.4 Å². The number of hydrogen-bond acceptors (Lipinski definition) is 3. The van der Waals surface area contributed by atoms with Gasteiger partial charge >= 0.3 is 5.97 Å². The highest BCUT2D eigenvalue weighted by Gasteiger charge is 2.45. The van der Waals surface area contributed by atoms with Gasteiger partial charge in [0.2, 0.25) is 0 Å². The van der Waals surface area contributed by atoms with Crippen molar-refractivity contribution in [2.24, 2.45) is 11.3 Å². The summed E-state index contributed by atoms with van der Waals surface area (Å²) in [5.74, 6) is 0.0608. The molecule has 3 heteroatoms. The summed E-state index contributed by atoms with van der Waals surface area (Å²) in [7, 11) is 0. The minimum absolute atomic E-state index is 0.0919. The second kappa shape index (κ2) is 6.21. The molecular weight excluding hydrogens is 252 g/mol. The Labute approximate surface area is 120 Å². The molecule has 0 N–H and O–H groups in total. The van der Waals surface area contributed by atoms with Crippen LogP contribution in [0.4, 0.5) is 0 Å². The second-order valence-electron chi connectivity index (χ2n) is 5.71. The lowest BCUT2D eigenvalue weighted by Crippen LogP contribution is -2.33. The van der Waals surface area contributed by atoms with Crippen LogP contribution in [0.1, 0.15) is 49.9 Å². The van der Waals surface area contributed by atoms with Crippen LogP contribution in [0, 0.1) is 11.3 Å². The van der Waals surface area contributed by atoms with Crippen LogP contribution in [-0.2, 0) is 9.53 Å². The number of hydrogen-bond donors (Lipinski definition) is 0. The molecule has 20 heavy (non-hydrogen) atoms. The van der Waals surface area contributed by atoms with Crippen molar-refractivity contribution in [3.63, 3.8) is 0 Å². The molecule has 0 radical (unpaired) electrons. The number of rotatable bonds is 5. The Bertz CT molecular complexity index is 480. The van der Waals surface area contributed by atoms with Crippen LogP contribution in [0.2, 0.25) is 0 Å². The smallest absolute Gasteiger partial charge is 0.306 e. The highest BCUT2D eigenvalue weighted by atomic mass is 16.5. The molecule has 1 saturated carbocycles. The number of benzene rings is 1. The molecule has 1 aliphatic carbocycles. The molecule has 2 atom stereocenters. The van der Waals surface area contributed by atoms with E-state index in [0.29, 0.717) is 13.0 Å². The largest absolute Gasteiger partial charge is 0.466 e. The average molecular weight is 274 g/mol. The van der Waals surface area contributed by atoms with Gasteiger partial charge in [0.15, 0.2) is 5.78 Å². The number of Topliss-reactive ketones (excluding diaryl/α,β-unsaturated/α-hetero) is 1. The molecule has 0 aliphatic heterocycles. The Morgan fingerprint density at radius 1 is 1.30 bits per heavy atom. The molecule has 0 unspecified atom stereocenters. The number of ether oxygens (including phenoxy) is 1. The molecule has 0 amide bonds. The van der Waals surface area contributed by atoms with Crippen molar-refractivity contribution < 1.29 is 14.3 Å². The topological polar surface area (TPSA) is 43.4 Å². The standard InChI is InChI=1S/C17H22O3/c1-3-20-15(18)12-14-10-7-11-17(14,2)16(19)13-8-5-4-6-9-13/h4-6,8-9,14H,3,7,10-12H2,1-2H3/t14-,17+/m1/s1. The fourth-order valence-corrected chi connectivity index (χ4v) is 3.20. The van der Waals surface area contributed by atoms with Crippen LogP contribution in [0.15, 0.2) is 30.3 Å². The molecule has 0 saturated heterocycles. The van der Waals surface area contributed by atoms with Gasteiger partial charge in [0, 0.05) is 17.4 Å². The number of carbonyl (C=O) groups excluding carboxylic acids is 2. The number of carbonyl (C=O) groups is 2. The summed E-state index contributed by atoms with van der Waals surface area (Å²) in [6.07, 6.45) is 3.13. The third-order valence-corrected chi connectivity index (χ3v) is 4.42. The Kier molecular flexibility index (Phi) is 4.58. The van der Waals surface area contributed by atoms with Gasteiger partial charge in [-0.15, -0.1) is 0 Å². The fourth-order valence-electron chi connectivity index (χ4n) is 3.20. The van der Waals surface area contributed by atoms with E-state index < -0.39 is 5.41 Å². The molecule has 3 nitrogen and oxygen atoms in total. The summed E-state index contributed by atoms with van der Waals surface area (Å²) < 4.78 is 5.03. The summed E-state index contributed by atoms with van der Waals surface area (Å²) in [4.78, 5) is 24.5. The first kappa shape index (κ1) is 14.8. The molecule has 1 aromatic rings. The van der Waals surface area contributed by atoms with E-state index >= 15 is 0 Å². The summed E-state index contributed by atoms with van der Waals surface area (Å²) >= 11 is 0. The van der Waals surface area contributed by atoms with Gasteiger partial charge < -0.3 is 4.74 Å². The van der Waals surface area contributed by atoms with E-state index in [1.807, 2.05) is 37.3 Å². The van der Waals surface area contributed by atoms with Crippen molar-refractivity contribution in [3.05, 3.63) is 35.9 Å². The molecule has 2 rings (SSSR count). The summed E-state index contributed by atoms with van der Waals surface area (Å²) in [6, 6.07) is 9.38. The highest BCUT2D eigenvalue weighted by molar-refractivity contribution is 6.00. The van der Waals surface area contributed by atoms with Gasteiger partial charge in [-0.25, -0.2) is 0 Å². The minimum Gasteiger partial charge on any atom is -0.466 e. The predicted octanol–water partition coefficient (Wildman–Crippen LogP) is 3.63. The zero-order valence-corrected chi connectivity index (χ0v) is 12.2. The van der Waals surface area contributed by atoms with Crippen molar-refractivity contribution in [2.45, 2.75) is 39.5 Å². The normalized spacial score (nSPS) is 25.4. The monoisotopic (exact) mass is 274 g/mol. The molecule has 0 bridgehead atoms. The first-order valence-electron chi connectivity index (χ1n) is 7.33. The van der Waals surface area contributed by atoms with E-state index in [2.05, 4.69) is 0 Å². The minimum atomic E-state index is -0.436. The van der Waals surface area contributed by atoms with E-state index in [0.717, 1.165) is 24.8 Å². The van der Waals surface area contributed by atoms with Gasteiger partial charge in [-0.3, -0.25) is 9.59 Å². The molecule has 0 aromatic heterocycles. The summed E-state index contributed by atoms with van der Waals surface area (Å²) in [6.45, 7) is 4.20. The molecule has 1 fully saturated rings. The van der Waals surface area contributed by atoms with Crippen molar-refractivity contribution in [2.75, 3.05) is 6.61 Å². The Balaban J connectivity index is 2.15. The molecule has 1 aliphatic rings. The number of esters is 1. The van der Waals surface area contributed by atoms with Gasteiger partial charge in [-0.2, -0.15) is 0 Å². The lowest BCUT2D eigenvalue weighted by atomic mass is 9.72. The first-order valence-corrected chi connectivity index (χ1v) is 7.33.